The molecule has 0 bridgehead atoms. The first-order valence-corrected chi connectivity index (χ1v) is 11.8. The predicted molar refractivity (Wildman–Crippen MR) is 127 cm³/mol. The van der Waals surface area contributed by atoms with Gasteiger partial charge in [0.15, 0.2) is 5.65 Å². The molecule has 3 aromatic heterocycles. The van der Waals surface area contributed by atoms with E-state index in [0.29, 0.717) is 22.9 Å². The number of hydrogen-bond donors (Lipinski definition) is 2. The minimum Gasteiger partial charge on any atom is -0.431 e. The Morgan fingerprint density at radius 3 is 2.84 bits per heavy atom. The van der Waals surface area contributed by atoms with E-state index in [-0.39, 0.29) is 11.9 Å². The average Bonchev–Trinajstić information content (AvgIpc) is 3.33. The molecule has 8 heteroatoms. The first kappa shape index (κ1) is 20.9. The number of nitrogens with zero attached hydrogens (tertiary/aromatic N) is 3. The number of pyridine rings is 1. The zero-order valence-electron chi connectivity index (χ0n) is 18.5. The second kappa shape index (κ2) is 8.52. The molecule has 1 aliphatic heterocycles. The van der Waals surface area contributed by atoms with Gasteiger partial charge in [-0.2, -0.15) is 4.98 Å². The van der Waals surface area contributed by atoms with Crippen molar-refractivity contribution in [3.05, 3.63) is 48.3 Å². The molecule has 4 aromatic rings. The Morgan fingerprint density at radius 2 is 2.09 bits per heavy atom. The summed E-state index contributed by atoms with van der Waals surface area (Å²) in [5.41, 5.74) is 3.03. The molecule has 1 amide bonds. The maximum absolute atomic E-state index is 11.5. The lowest BCUT2D eigenvalue weighted by Gasteiger charge is -2.42. The highest BCUT2D eigenvalue weighted by atomic mass is 32.1. The van der Waals surface area contributed by atoms with Crippen LogP contribution in [0.3, 0.4) is 0 Å². The number of carbonyl (C=O) groups excluding carboxylic acids is 1. The van der Waals surface area contributed by atoms with Crippen molar-refractivity contribution in [1.82, 2.24) is 25.2 Å². The second-order valence-electron chi connectivity index (χ2n) is 8.67. The molecule has 166 valence electrons. The first-order chi connectivity index (χ1) is 15.5. The van der Waals surface area contributed by atoms with Crippen LogP contribution in [0.1, 0.15) is 39.2 Å². The molecule has 2 N–H and O–H groups in total. The lowest BCUT2D eigenvalue weighted by atomic mass is 9.92. The summed E-state index contributed by atoms with van der Waals surface area (Å²) in [6.45, 7) is 6.97. The molecule has 0 radical (unpaired) electrons. The van der Waals surface area contributed by atoms with Gasteiger partial charge in [0.25, 0.3) is 5.19 Å². The highest BCUT2D eigenvalue weighted by Crippen LogP contribution is 2.33. The van der Waals surface area contributed by atoms with E-state index in [4.69, 9.17) is 4.74 Å². The Hall–Kier alpha value is -2.97. The molecular weight excluding hydrogens is 422 g/mol. The smallest absolute Gasteiger partial charge is 0.281 e. The van der Waals surface area contributed by atoms with E-state index < -0.39 is 0 Å². The molecule has 3 atom stereocenters. The summed E-state index contributed by atoms with van der Waals surface area (Å²) in [5, 5.41) is 4.89. The third-order valence-corrected chi connectivity index (χ3v) is 7.12. The quantitative estimate of drug-likeness (QED) is 0.455. The van der Waals surface area contributed by atoms with Crippen LogP contribution in [0.15, 0.2) is 42.7 Å². The molecule has 5 rings (SSSR count). The van der Waals surface area contributed by atoms with Crippen LogP contribution in [0.4, 0.5) is 0 Å². The lowest BCUT2D eigenvalue weighted by Crippen LogP contribution is -2.52. The Morgan fingerprint density at radius 1 is 1.28 bits per heavy atom. The summed E-state index contributed by atoms with van der Waals surface area (Å²) < 4.78 is 7.02. The second-order valence-corrected chi connectivity index (χ2v) is 9.66. The molecule has 1 saturated heterocycles. The number of rotatable bonds is 5. The van der Waals surface area contributed by atoms with E-state index in [2.05, 4.69) is 51.3 Å². The number of benzene rings is 1. The van der Waals surface area contributed by atoms with Crippen molar-refractivity contribution in [3.63, 3.8) is 0 Å². The number of fused-ring (bicyclic) bond motifs is 2. The van der Waals surface area contributed by atoms with Crippen LogP contribution in [0.2, 0.25) is 0 Å². The number of thiazole rings is 1. The summed E-state index contributed by atoms with van der Waals surface area (Å²) in [5.74, 6) is 0.808. The molecule has 1 aliphatic rings. The van der Waals surface area contributed by atoms with Gasteiger partial charge in [-0.15, -0.1) is 0 Å². The lowest BCUT2D eigenvalue weighted by molar-refractivity contribution is -0.120. The summed E-state index contributed by atoms with van der Waals surface area (Å²) in [6, 6.07) is 11.1. The number of H-pyrrole nitrogens is 1. The number of nitrogens with one attached hydrogen (secondary N) is 2. The molecule has 0 aliphatic carbocycles. The Balaban J connectivity index is 1.31. The number of carbonyl (C=O) groups is 1. The van der Waals surface area contributed by atoms with Crippen LogP contribution < -0.4 is 10.1 Å². The Bertz CT molecular complexity index is 1220. The molecule has 32 heavy (non-hydrogen) atoms. The van der Waals surface area contributed by atoms with Gasteiger partial charge in [0.1, 0.15) is 5.75 Å². The average molecular weight is 450 g/mol. The highest BCUT2D eigenvalue weighted by Gasteiger charge is 2.31. The van der Waals surface area contributed by atoms with Crippen LogP contribution in [0.25, 0.3) is 21.3 Å². The summed E-state index contributed by atoms with van der Waals surface area (Å²) in [6.07, 6.45) is 5.78. The van der Waals surface area contributed by atoms with Crippen molar-refractivity contribution >= 4 is 38.5 Å². The summed E-state index contributed by atoms with van der Waals surface area (Å²) in [4.78, 5) is 26.1. The van der Waals surface area contributed by atoms with Crippen molar-refractivity contribution in [2.45, 2.75) is 58.3 Å². The molecule has 1 aromatic carbocycles. The fourth-order valence-electron chi connectivity index (χ4n) is 4.79. The molecule has 2 unspecified atom stereocenters. The van der Waals surface area contributed by atoms with Gasteiger partial charge in [0.2, 0.25) is 5.91 Å². The van der Waals surface area contributed by atoms with Crippen molar-refractivity contribution in [3.8, 4) is 10.9 Å². The maximum atomic E-state index is 11.5. The third kappa shape index (κ3) is 4.20. The van der Waals surface area contributed by atoms with Crippen molar-refractivity contribution in [2.24, 2.45) is 0 Å². The number of aromatic nitrogens is 3. The van der Waals surface area contributed by atoms with E-state index in [1.165, 1.54) is 22.3 Å². The van der Waals surface area contributed by atoms with Gasteiger partial charge in [-0.1, -0.05) is 11.3 Å². The van der Waals surface area contributed by atoms with Crippen LogP contribution >= 0.6 is 11.3 Å². The molecule has 7 nitrogen and oxygen atoms in total. The highest BCUT2D eigenvalue weighted by molar-refractivity contribution is 7.20. The maximum Gasteiger partial charge on any atom is 0.281 e. The Labute approximate surface area is 190 Å². The number of amides is 1. The molecule has 0 saturated carbocycles. The normalized spacial score (nSPS) is 21.8. The van der Waals surface area contributed by atoms with Gasteiger partial charge in [0.05, 0.1) is 4.70 Å². The summed E-state index contributed by atoms with van der Waals surface area (Å²) >= 11 is 1.49. The van der Waals surface area contributed by atoms with E-state index in [1.54, 1.807) is 13.1 Å². The molecule has 4 heterocycles. The van der Waals surface area contributed by atoms with Crippen LogP contribution in [0.5, 0.6) is 10.9 Å². The minimum atomic E-state index is 0.0552. The fraction of sp³-hybridized carbons (Fsp3) is 0.375. The number of aromatic amines is 1. The minimum absolute atomic E-state index is 0.0552. The number of hydrogen-bond acceptors (Lipinski definition) is 6. The molecule has 1 fully saturated rings. The number of ether oxygens (including phenoxy) is 1. The van der Waals surface area contributed by atoms with Gasteiger partial charge >= 0.3 is 0 Å². The van der Waals surface area contributed by atoms with Gasteiger partial charge in [-0.3, -0.25) is 9.69 Å². The van der Waals surface area contributed by atoms with Crippen LogP contribution in [-0.4, -0.2) is 43.9 Å². The molecule has 0 spiro atoms. The zero-order chi connectivity index (χ0) is 22.2. The third-order valence-electron chi connectivity index (χ3n) is 6.23. The van der Waals surface area contributed by atoms with E-state index in [9.17, 15) is 4.79 Å². The van der Waals surface area contributed by atoms with Crippen molar-refractivity contribution < 1.29 is 9.53 Å². The van der Waals surface area contributed by atoms with Crippen LogP contribution in [0, 0.1) is 0 Å². The topological polar surface area (TPSA) is 83.1 Å². The van der Waals surface area contributed by atoms with E-state index >= 15 is 0 Å². The van der Waals surface area contributed by atoms with Crippen molar-refractivity contribution in [1.29, 1.82) is 0 Å². The van der Waals surface area contributed by atoms with Gasteiger partial charge in [-0.25, -0.2) is 4.98 Å². The summed E-state index contributed by atoms with van der Waals surface area (Å²) in [7, 11) is 0. The van der Waals surface area contributed by atoms with Gasteiger partial charge < -0.3 is 15.0 Å². The standard InChI is InChI=1S/C24H27N5O2S/c1-14-9-18(27-16(3)30)10-15(2)29(14)13-17-12-26-21-11-19(6-7-20(17)21)31-24-28-23-22(32-24)5-4-8-25-23/h4-8,11-12,14-15,18,26H,9-10,13H2,1-3H3,(H,27,30)/t14-,15?,18?/m0/s1. The largest absolute Gasteiger partial charge is 0.431 e. The van der Waals surface area contributed by atoms with Crippen LogP contribution in [-0.2, 0) is 11.3 Å². The van der Waals surface area contributed by atoms with E-state index in [0.717, 1.165) is 35.4 Å². The van der Waals surface area contributed by atoms with Gasteiger partial charge in [0, 0.05) is 61.0 Å². The monoisotopic (exact) mass is 449 g/mol. The first-order valence-electron chi connectivity index (χ1n) is 11.0. The van der Waals surface area contributed by atoms with Gasteiger partial charge in [-0.05, 0) is 56.5 Å². The fourth-order valence-corrected chi connectivity index (χ4v) is 5.59. The Kier molecular flexibility index (Phi) is 5.57. The molecular formula is C24H27N5O2S. The van der Waals surface area contributed by atoms with E-state index in [1.807, 2.05) is 24.3 Å². The SMILES string of the molecule is CC(=O)NC1CC(C)N(Cc2c[nH]c3cc(Oc4nc5ncccc5s4)ccc23)[C@@H](C)C1. The predicted octanol–water partition coefficient (Wildman–Crippen LogP) is 4.84. The zero-order valence-corrected chi connectivity index (χ0v) is 19.3. The van der Waals surface area contributed by atoms with Crippen molar-refractivity contribution in [2.75, 3.05) is 0 Å². The number of likely N-dealkylation sites (tertiary alicyclic amines) is 1. The number of piperidine rings is 1.